The third-order valence-electron chi connectivity index (χ3n) is 6.06. The predicted octanol–water partition coefficient (Wildman–Crippen LogP) is 4.89. The van der Waals surface area contributed by atoms with Gasteiger partial charge in [-0.1, -0.05) is 38.1 Å². The maximum absolute atomic E-state index is 12.4. The van der Waals surface area contributed by atoms with E-state index in [0.29, 0.717) is 24.8 Å². The van der Waals surface area contributed by atoms with E-state index < -0.39 is 0 Å². The average molecular weight is 503 g/mol. The lowest BCUT2D eigenvalue weighted by molar-refractivity contribution is -0.115. The quantitative estimate of drug-likeness (QED) is 0.369. The van der Waals surface area contributed by atoms with Gasteiger partial charge in [-0.3, -0.25) is 14.9 Å². The van der Waals surface area contributed by atoms with Crippen molar-refractivity contribution in [2.45, 2.75) is 19.8 Å². The Morgan fingerprint density at radius 2 is 1.67 bits per heavy atom. The molecule has 2 heterocycles. The van der Waals surface area contributed by atoms with Crippen LogP contribution in [0.25, 0.3) is 6.08 Å². The summed E-state index contributed by atoms with van der Waals surface area (Å²) in [4.78, 5) is 28.7. The van der Waals surface area contributed by atoms with E-state index in [0.717, 1.165) is 30.0 Å². The molecule has 8 heteroatoms. The number of nitrogens with one attached hydrogen (secondary N) is 2. The predicted molar refractivity (Wildman–Crippen MR) is 147 cm³/mol. The van der Waals surface area contributed by atoms with Crippen LogP contribution in [0.2, 0.25) is 0 Å². The first kappa shape index (κ1) is 25.2. The van der Waals surface area contributed by atoms with Gasteiger partial charge in [-0.2, -0.15) is 0 Å². The zero-order valence-corrected chi connectivity index (χ0v) is 21.3. The van der Waals surface area contributed by atoms with Crippen molar-refractivity contribution >= 4 is 46.6 Å². The van der Waals surface area contributed by atoms with E-state index in [1.807, 2.05) is 41.3 Å². The summed E-state index contributed by atoms with van der Waals surface area (Å²) in [5.74, 6) is 0.475. The van der Waals surface area contributed by atoms with E-state index in [-0.39, 0.29) is 16.9 Å². The lowest BCUT2D eigenvalue weighted by Gasteiger charge is -2.35. The SMILES string of the molecule is CC(C)c1ccc(/C=C/C(=O)NC(=S)Nc2ccc(N3CCN(C(=O)c4ccco4)CC3)cc2)cc1. The van der Waals surface area contributed by atoms with Gasteiger partial charge in [0.25, 0.3) is 5.91 Å². The van der Waals surface area contributed by atoms with Crippen LogP contribution in [0.15, 0.2) is 77.4 Å². The number of rotatable bonds is 6. The molecule has 1 aliphatic heterocycles. The lowest BCUT2D eigenvalue weighted by atomic mass is 10.0. The molecule has 1 aliphatic rings. The number of amides is 2. The van der Waals surface area contributed by atoms with Crippen LogP contribution in [0.4, 0.5) is 11.4 Å². The zero-order chi connectivity index (χ0) is 25.5. The summed E-state index contributed by atoms with van der Waals surface area (Å²) < 4.78 is 5.22. The fourth-order valence-electron chi connectivity index (χ4n) is 3.96. The number of thiocarbonyl (C=S) groups is 1. The van der Waals surface area contributed by atoms with E-state index in [2.05, 4.69) is 41.5 Å². The maximum Gasteiger partial charge on any atom is 0.289 e. The Morgan fingerprint density at radius 3 is 2.28 bits per heavy atom. The van der Waals surface area contributed by atoms with Crippen LogP contribution in [-0.4, -0.2) is 48.0 Å². The summed E-state index contributed by atoms with van der Waals surface area (Å²) >= 11 is 5.29. The Kier molecular flexibility index (Phi) is 8.17. The highest BCUT2D eigenvalue weighted by molar-refractivity contribution is 7.80. The Hall–Kier alpha value is -3.91. The molecule has 1 fully saturated rings. The van der Waals surface area contributed by atoms with Gasteiger partial charge in [0.15, 0.2) is 10.9 Å². The number of hydrogen-bond donors (Lipinski definition) is 2. The monoisotopic (exact) mass is 502 g/mol. The van der Waals surface area contributed by atoms with Gasteiger partial charge >= 0.3 is 0 Å². The Bertz CT molecular complexity index is 1210. The number of hydrogen-bond acceptors (Lipinski definition) is 5. The van der Waals surface area contributed by atoms with Crippen molar-refractivity contribution in [3.63, 3.8) is 0 Å². The highest BCUT2D eigenvalue weighted by Gasteiger charge is 2.23. The van der Waals surface area contributed by atoms with Crippen molar-refractivity contribution in [2.24, 2.45) is 0 Å². The molecule has 0 spiro atoms. The van der Waals surface area contributed by atoms with Crippen LogP contribution in [-0.2, 0) is 4.79 Å². The third-order valence-corrected chi connectivity index (χ3v) is 6.26. The van der Waals surface area contributed by atoms with Crippen molar-refractivity contribution in [3.05, 3.63) is 89.9 Å². The van der Waals surface area contributed by atoms with Crippen LogP contribution in [0.3, 0.4) is 0 Å². The topological polar surface area (TPSA) is 77.8 Å². The molecule has 0 saturated carbocycles. The van der Waals surface area contributed by atoms with Crippen molar-refractivity contribution in [1.29, 1.82) is 0 Å². The first-order valence-corrected chi connectivity index (χ1v) is 12.4. The highest BCUT2D eigenvalue weighted by Crippen LogP contribution is 2.20. The molecule has 0 radical (unpaired) electrons. The van der Waals surface area contributed by atoms with E-state index in [1.54, 1.807) is 18.2 Å². The molecule has 4 rings (SSSR count). The van der Waals surface area contributed by atoms with Gasteiger partial charge in [-0.05, 0) is 71.7 Å². The smallest absolute Gasteiger partial charge is 0.289 e. The maximum atomic E-state index is 12.4. The van der Waals surface area contributed by atoms with Crippen molar-refractivity contribution in [1.82, 2.24) is 10.2 Å². The summed E-state index contributed by atoms with van der Waals surface area (Å²) in [5.41, 5.74) is 4.06. The number of nitrogens with zero attached hydrogens (tertiary/aromatic N) is 2. The molecule has 2 amide bonds. The fraction of sp³-hybridized carbons (Fsp3) is 0.250. The second-order valence-corrected chi connectivity index (χ2v) is 9.31. The van der Waals surface area contributed by atoms with Gasteiger partial charge in [0.05, 0.1) is 6.26 Å². The molecule has 36 heavy (non-hydrogen) atoms. The minimum atomic E-state index is -0.293. The summed E-state index contributed by atoms with van der Waals surface area (Å²) in [7, 11) is 0. The van der Waals surface area contributed by atoms with Gasteiger partial charge in [-0.15, -0.1) is 0 Å². The first-order valence-electron chi connectivity index (χ1n) is 12.0. The van der Waals surface area contributed by atoms with Gasteiger partial charge < -0.3 is 19.5 Å². The summed E-state index contributed by atoms with van der Waals surface area (Å²) in [6, 6.07) is 19.4. The van der Waals surface area contributed by atoms with Gasteiger partial charge in [0.1, 0.15) is 0 Å². The number of furan rings is 1. The molecule has 1 saturated heterocycles. The van der Waals surface area contributed by atoms with E-state index in [4.69, 9.17) is 16.6 Å². The molecular formula is C28H30N4O3S. The largest absolute Gasteiger partial charge is 0.459 e. The van der Waals surface area contributed by atoms with Crippen LogP contribution in [0.5, 0.6) is 0 Å². The molecule has 0 atom stereocenters. The van der Waals surface area contributed by atoms with Crippen molar-refractivity contribution in [3.8, 4) is 0 Å². The molecule has 0 aliphatic carbocycles. The number of carbonyl (C=O) groups excluding carboxylic acids is 2. The average Bonchev–Trinajstić information content (AvgIpc) is 3.43. The Labute approximate surface area is 216 Å². The molecule has 1 aromatic heterocycles. The molecule has 2 N–H and O–H groups in total. The van der Waals surface area contributed by atoms with Crippen LogP contribution < -0.4 is 15.5 Å². The van der Waals surface area contributed by atoms with Crippen LogP contribution in [0, 0.1) is 0 Å². The number of piperazine rings is 1. The summed E-state index contributed by atoms with van der Waals surface area (Å²) in [6.45, 7) is 7.03. The standard InChI is InChI=1S/C28H30N4O3S/c1-20(2)22-8-5-21(6-9-22)7-14-26(33)30-28(36)29-23-10-12-24(13-11-23)31-15-17-32(18-16-31)27(34)25-4-3-19-35-25/h3-14,19-20H,15-18H2,1-2H3,(H2,29,30,33,36)/b14-7+. The van der Waals surface area contributed by atoms with Crippen LogP contribution in [0.1, 0.15) is 41.4 Å². The number of carbonyl (C=O) groups is 2. The number of benzene rings is 2. The van der Waals surface area contributed by atoms with Gasteiger partial charge in [-0.25, -0.2) is 0 Å². The summed E-state index contributed by atoms with van der Waals surface area (Å²) in [6.07, 6.45) is 4.75. The fourth-order valence-corrected chi connectivity index (χ4v) is 4.18. The minimum absolute atomic E-state index is 0.0753. The number of anilines is 2. The Balaban J connectivity index is 1.23. The van der Waals surface area contributed by atoms with Gasteiger partial charge in [0.2, 0.25) is 5.91 Å². The lowest BCUT2D eigenvalue weighted by Crippen LogP contribution is -2.48. The van der Waals surface area contributed by atoms with E-state index in [9.17, 15) is 9.59 Å². The molecule has 2 aromatic carbocycles. The minimum Gasteiger partial charge on any atom is -0.459 e. The van der Waals surface area contributed by atoms with Crippen molar-refractivity contribution in [2.75, 3.05) is 36.4 Å². The normalized spacial score (nSPS) is 13.8. The first-order chi connectivity index (χ1) is 17.4. The molecule has 3 aromatic rings. The second-order valence-electron chi connectivity index (χ2n) is 8.90. The van der Waals surface area contributed by atoms with Crippen LogP contribution >= 0.6 is 12.2 Å². The molecule has 186 valence electrons. The highest BCUT2D eigenvalue weighted by atomic mass is 32.1. The van der Waals surface area contributed by atoms with Crippen molar-refractivity contribution < 1.29 is 14.0 Å². The van der Waals surface area contributed by atoms with Gasteiger partial charge in [0, 0.05) is 43.6 Å². The molecule has 0 bridgehead atoms. The third kappa shape index (κ3) is 6.60. The molecule has 7 nitrogen and oxygen atoms in total. The second kappa shape index (κ2) is 11.7. The molecular weight excluding hydrogens is 472 g/mol. The van der Waals surface area contributed by atoms with E-state index >= 15 is 0 Å². The summed E-state index contributed by atoms with van der Waals surface area (Å²) in [5, 5.41) is 5.95. The zero-order valence-electron chi connectivity index (χ0n) is 20.4. The Morgan fingerprint density at radius 1 is 0.972 bits per heavy atom. The molecule has 0 unspecified atom stereocenters. The van der Waals surface area contributed by atoms with E-state index in [1.165, 1.54) is 17.9 Å².